The molecule has 1 N–H and O–H groups in total. The molecule has 3 rings (SSSR count). The number of aliphatic carboxylic acids is 1. The van der Waals surface area contributed by atoms with Gasteiger partial charge in [-0.2, -0.15) is 0 Å². The molecule has 2 aromatic rings. The zero-order valence-electron chi connectivity index (χ0n) is 11.3. The van der Waals surface area contributed by atoms with E-state index in [4.69, 9.17) is 4.74 Å². The SMILES string of the molecule is O=C(O)C1=Cc2ccccc2OC1c1cccc([N+](=O)[O-])c1. The van der Waals surface area contributed by atoms with Crippen LogP contribution in [0.25, 0.3) is 6.08 Å². The van der Waals surface area contributed by atoms with Crippen LogP contribution in [0, 0.1) is 10.1 Å². The number of benzene rings is 2. The van der Waals surface area contributed by atoms with Crippen molar-refractivity contribution in [3.05, 3.63) is 75.3 Å². The number of carboxylic acid groups (broad SMARTS) is 1. The second-order valence-corrected chi connectivity index (χ2v) is 4.79. The van der Waals surface area contributed by atoms with Gasteiger partial charge in [0, 0.05) is 23.3 Å². The van der Waals surface area contributed by atoms with Crippen LogP contribution in [0.15, 0.2) is 54.1 Å². The number of para-hydroxylation sites is 1. The van der Waals surface area contributed by atoms with Gasteiger partial charge in [-0.3, -0.25) is 10.1 Å². The Morgan fingerprint density at radius 1 is 1.18 bits per heavy atom. The van der Waals surface area contributed by atoms with E-state index in [2.05, 4.69) is 0 Å². The highest BCUT2D eigenvalue weighted by molar-refractivity contribution is 5.95. The molecular weight excluding hydrogens is 286 g/mol. The number of carboxylic acids is 1. The van der Waals surface area contributed by atoms with Crippen molar-refractivity contribution in [3.8, 4) is 5.75 Å². The van der Waals surface area contributed by atoms with Crippen LogP contribution in [0.3, 0.4) is 0 Å². The van der Waals surface area contributed by atoms with Gasteiger partial charge in [-0.15, -0.1) is 0 Å². The second-order valence-electron chi connectivity index (χ2n) is 4.79. The van der Waals surface area contributed by atoms with Crippen molar-refractivity contribution >= 4 is 17.7 Å². The molecule has 1 unspecified atom stereocenters. The number of nitro benzene ring substituents is 1. The zero-order valence-corrected chi connectivity index (χ0v) is 11.3. The summed E-state index contributed by atoms with van der Waals surface area (Å²) in [7, 11) is 0. The van der Waals surface area contributed by atoms with Gasteiger partial charge in [0.1, 0.15) is 5.75 Å². The van der Waals surface area contributed by atoms with Crippen LogP contribution in [0.5, 0.6) is 5.75 Å². The molecule has 6 nitrogen and oxygen atoms in total. The van der Waals surface area contributed by atoms with E-state index in [1.807, 2.05) is 0 Å². The molecule has 0 aromatic heterocycles. The van der Waals surface area contributed by atoms with Gasteiger partial charge in [0.15, 0.2) is 6.10 Å². The smallest absolute Gasteiger partial charge is 0.335 e. The summed E-state index contributed by atoms with van der Waals surface area (Å²) in [6.07, 6.45) is 0.650. The molecular formula is C16H11NO5. The summed E-state index contributed by atoms with van der Waals surface area (Å²) >= 11 is 0. The fraction of sp³-hybridized carbons (Fsp3) is 0.0625. The maximum atomic E-state index is 11.5. The normalized spacial score (nSPS) is 16.2. The Labute approximate surface area is 125 Å². The van der Waals surface area contributed by atoms with Crippen LogP contribution >= 0.6 is 0 Å². The number of nitrogens with zero attached hydrogens (tertiary/aromatic N) is 1. The minimum Gasteiger partial charge on any atom is -0.480 e. The molecule has 110 valence electrons. The van der Waals surface area contributed by atoms with Crippen molar-refractivity contribution in [1.29, 1.82) is 0 Å². The second kappa shape index (κ2) is 5.33. The maximum absolute atomic E-state index is 11.5. The van der Waals surface area contributed by atoms with E-state index in [0.29, 0.717) is 16.9 Å². The molecule has 0 fully saturated rings. The highest BCUT2D eigenvalue weighted by Crippen LogP contribution is 2.38. The molecule has 0 spiro atoms. The van der Waals surface area contributed by atoms with Crippen LogP contribution in [-0.2, 0) is 4.79 Å². The van der Waals surface area contributed by atoms with Gasteiger partial charge in [0.05, 0.1) is 10.5 Å². The van der Waals surface area contributed by atoms with E-state index in [0.717, 1.165) is 0 Å². The van der Waals surface area contributed by atoms with Gasteiger partial charge in [-0.25, -0.2) is 4.79 Å². The van der Waals surface area contributed by atoms with Crippen LogP contribution in [0.1, 0.15) is 17.2 Å². The fourth-order valence-electron chi connectivity index (χ4n) is 2.36. The Morgan fingerprint density at radius 3 is 2.68 bits per heavy atom. The number of hydrogen-bond acceptors (Lipinski definition) is 4. The fourth-order valence-corrected chi connectivity index (χ4v) is 2.36. The summed E-state index contributed by atoms with van der Waals surface area (Å²) < 4.78 is 5.75. The summed E-state index contributed by atoms with van der Waals surface area (Å²) in [6.45, 7) is 0. The lowest BCUT2D eigenvalue weighted by molar-refractivity contribution is -0.385. The van der Waals surface area contributed by atoms with Crippen LogP contribution in [-0.4, -0.2) is 16.0 Å². The summed E-state index contributed by atoms with van der Waals surface area (Å²) in [5, 5.41) is 20.3. The average Bonchev–Trinajstić information content (AvgIpc) is 2.53. The molecule has 0 aliphatic carbocycles. The zero-order chi connectivity index (χ0) is 15.7. The molecule has 22 heavy (non-hydrogen) atoms. The predicted molar refractivity (Wildman–Crippen MR) is 78.5 cm³/mol. The Kier molecular flexibility index (Phi) is 3.34. The van der Waals surface area contributed by atoms with Gasteiger partial charge >= 0.3 is 5.97 Å². The lowest BCUT2D eigenvalue weighted by Crippen LogP contribution is -2.20. The number of hydrogen-bond donors (Lipinski definition) is 1. The van der Waals surface area contributed by atoms with Crippen molar-refractivity contribution in [2.45, 2.75) is 6.10 Å². The van der Waals surface area contributed by atoms with Crippen molar-refractivity contribution in [1.82, 2.24) is 0 Å². The lowest BCUT2D eigenvalue weighted by Gasteiger charge is -2.25. The largest absolute Gasteiger partial charge is 0.480 e. The topological polar surface area (TPSA) is 89.7 Å². The summed E-state index contributed by atoms with van der Waals surface area (Å²) in [4.78, 5) is 21.8. The Balaban J connectivity index is 2.09. The molecule has 1 heterocycles. The first-order valence-electron chi connectivity index (χ1n) is 6.51. The first-order valence-corrected chi connectivity index (χ1v) is 6.51. The third kappa shape index (κ3) is 2.42. The van der Waals surface area contributed by atoms with E-state index < -0.39 is 17.0 Å². The maximum Gasteiger partial charge on any atom is 0.335 e. The molecule has 0 saturated carbocycles. The van der Waals surface area contributed by atoms with E-state index >= 15 is 0 Å². The summed E-state index contributed by atoms with van der Waals surface area (Å²) in [5.41, 5.74) is 1.03. The van der Waals surface area contributed by atoms with E-state index in [9.17, 15) is 20.0 Å². The number of ether oxygens (including phenoxy) is 1. The quantitative estimate of drug-likeness (QED) is 0.694. The van der Waals surface area contributed by atoms with Gasteiger partial charge in [0.2, 0.25) is 0 Å². The molecule has 0 amide bonds. The Hall–Kier alpha value is -3.15. The molecule has 1 aliphatic heterocycles. The summed E-state index contributed by atoms with van der Waals surface area (Å²) in [5.74, 6) is -0.574. The van der Waals surface area contributed by atoms with Crippen molar-refractivity contribution < 1.29 is 19.6 Å². The first-order chi connectivity index (χ1) is 10.6. The van der Waals surface area contributed by atoms with Crippen LogP contribution < -0.4 is 4.74 Å². The number of rotatable bonds is 3. The molecule has 0 bridgehead atoms. The van der Waals surface area contributed by atoms with Crippen LogP contribution in [0.4, 0.5) is 5.69 Å². The third-order valence-electron chi connectivity index (χ3n) is 3.39. The molecule has 1 aliphatic rings. The molecule has 0 saturated heterocycles. The number of nitro groups is 1. The van der Waals surface area contributed by atoms with Gasteiger partial charge in [0.25, 0.3) is 5.69 Å². The number of non-ortho nitro benzene ring substituents is 1. The average molecular weight is 297 g/mol. The van der Waals surface area contributed by atoms with Gasteiger partial charge < -0.3 is 9.84 Å². The third-order valence-corrected chi connectivity index (χ3v) is 3.39. The van der Waals surface area contributed by atoms with E-state index in [1.165, 1.54) is 24.3 Å². The van der Waals surface area contributed by atoms with Gasteiger partial charge in [-0.1, -0.05) is 30.3 Å². The highest BCUT2D eigenvalue weighted by atomic mass is 16.6. The Morgan fingerprint density at radius 2 is 1.95 bits per heavy atom. The number of carbonyl (C=O) groups is 1. The van der Waals surface area contributed by atoms with Crippen molar-refractivity contribution in [2.75, 3.05) is 0 Å². The molecule has 0 radical (unpaired) electrons. The van der Waals surface area contributed by atoms with Crippen molar-refractivity contribution in [2.24, 2.45) is 0 Å². The van der Waals surface area contributed by atoms with Crippen LogP contribution in [0.2, 0.25) is 0 Å². The molecule has 1 atom stereocenters. The standard InChI is InChI=1S/C16H11NO5/c18-16(19)13-9-10-4-1-2-7-14(10)22-15(13)11-5-3-6-12(8-11)17(20)21/h1-9,15H,(H,18,19). The molecule has 6 heteroatoms. The van der Waals surface area contributed by atoms with E-state index in [-0.39, 0.29) is 11.3 Å². The predicted octanol–water partition coefficient (Wildman–Crippen LogP) is 3.20. The minimum absolute atomic E-state index is 0.0409. The van der Waals surface area contributed by atoms with E-state index in [1.54, 1.807) is 30.3 Å². The lowest BCUT2D eigenvalue weighted by atomic mass is 9.96. The monoisotopic (exact) mass is 297 g/mol. The highest BCUT2D eigenvalue weighted by Gasteiger charge is 2.29. The molecule has 2 aromatic carbocycles. The minimum atomic E-state index is -1.12. The van der Waals surface area contributed by atoms with Gasteiger partial charge in [-0.05, 0) is 12.1 Å². The first kappa shape index (κ1) is 13.8. The van der Waals surface area contributed by atoms with Crippen molar-refractivity contribution in [3.63, 3.8) is 0 Å². The summed E-state index contributed by atoms with van der Waals surface area (Å²) in [6, 6.07) is 12.9. The Bertz CT molecular complexity index is 797. The number of fused-ring (bicyclic) bond motifs is 1.